The highest BCUT2D eigenvalue weighted by Gasteiger charge is 2.08. The van der Waals surface area contributed by atoms with Gasteiger partial charge in [-0.3, -0.25) is 4.79 Å². The number of carbonyl (C=O) groups excluding carboxylic acids is 1. The van der Waals surface area contributed by atoms with Gasteiger partial charge < -0.3 is 16.0 Å². The predicted molar refractivity (Wildman–Crippen MR) is 71.4 cm³/mol. The molecule has 19 heavy (non-hydrogen) atoms. The molecule has 1 amide bonds. The van der Waals surface area contributed by atoms with E-state index in [9.17, 15) is 4.79 Å². The molecule has 0 aliphatic rings. The van der Waals surface area contributed by atoms with Crippen LogP contribution in [-0.2, 0) is 11.3 Å². The molecule has 0 atom stereocenters. The van der Waals surface area contributed by atoms with Gasteiger partial charge in [-0.2, -0.15) is 9.90 Å². The van der Waals surface area contributed by atoms with Crippen LogP contribution in [0.4, 0.5) is 11.5 Å². The zero-order chi connectivity index (χ0) is 13.2. The van der Waals surface area contributed by atoms with Gasteiger partial charge in [-0.25, -0.2) is 0 Å². The topological polar surface area (TPSA) is 102 Å². The number of H-pyrrole nitrogens is 1. The summed E-state index contributed by atoms with van der Waals surface area (Å²) in [6.45, 7) is 0.0221. The lowest BCUT2D eigenvalue weighted by atomic mass is 10.2. The number of hydrogen-bond donors (Lipinski definition) is 3. The Morgan fingerprint density at radius 1 is 1.42 bits per heavy atom. The smallest absolute Gasteiger partial charge is 0.248 e. The van der Waals surface area contributed by atoms with Gasteiger partial charge in [-0.1, -0.05) is 12.1 Å². The van der Waals surface area contributed by atoms with Crippen molar-refractivity contribution in [2.24, 2.45) is 0 Å². The van der Waals surface area contributed by atoms with Crippen LogP contribution in [0.3, 0.4) is 0 Å². The van der Waals surface area contributed by atoms with Crippen molar-refractivity contribution in [2.45, 2.75) is 6.54 Å². The first-order chi connectivity index (χ1) is 9.22. The fraction of sp³-hybridized carbons (Fsp3) is 0.0833. The summed E-state index contributed by atoms with van der Waals surface area (Å²) in [6.07, 6.45) is 3.23. The van der Waals surface area contributed by atoms with Crippen molar-refractivity contribution in [1.82, 2.24) is 20.0 Å². The van der Waals surface area contributed by atoms with Crippen molar-refractivity contribution in [1.29, 1.82) is 0 Å². The van der Waals surface area contributed by atoms with Crippen LogP contribution >= 0.6 is 0 Å². The van der Waals surface area contributed by atoms with Crippen LogP contribution in [0.15, 0.2) is 36.7 Å². The number of rotatable bonds is 3. The van der Waals surface area contributed by atoms with Crippen LogP contribution in [-0.4, -0.2) is 25.9 Å². The highest BCUT2D eigenvalue weighted by Crippen LogP contribution is 2.21. The second kappa shape index (κ2) is 4.45. The minimum absolute atomic E-state index is 0.0221. The molecule has 0 aliphatic heterocycles. The van der Waals surface area contributed by atoms with E-state index >= 15 is 0 Å². The number of anilines is 2. The molecule has 7 heteroatoms. The zero-order valence-corrected chi connectivity index (χ0v) is 10.00. The van der Waals surface area contributed by atoms with Crippen LogP contribution in [0.5, 0.6) is 0 Å². The van der Waals surface area contributed by atoms with Gasteiger partial charge in [0.05, 0.1) is 17.4 Å². The molecule has 0 radical (unpaired) electrons. The Labute approximate surface area is 108 Å². The summed E-state index contributed by atoms with van der Waals surface area (Å²) in [7, 11) is 0. The first-order valence-corrected chi connectivity index (χ1v) is 5.74. The van der Waals surface area contributed by atoms with E-state index in [1.807, 2.05) is 30.5 Å². The number of carbonyl (C=O) groups is 1. The van der Waals surface area contributed by atoms with Crippen LogP contribution in [0.2, 0.25) is 0 Å². The number of fused-ring (bicyclic) bond motifs is 1. The fourth-order valence-corrected chi connectivity index (χ4v) is 1.89. The lowest BCUT2D eigenvalue weighted by Crippen LogP contribution is -2.20. The number of aromatic amines is 1. The van der Waals surface area contributed by atoms with Crippen LogP contribution in [0.25, 0.3) is 10.9 Å². The van der Waals surface area contributed by atoms with Crippen molar-refractivity contribution in [3.05, 3.63) is 36.7 Å². The number of nitrogen functional groups attached to an aromatic ring is 1. The van der Waals surface area contributed by atoms with E-state index in [0.29, 0.717) is 5.82 Å². The highest BCUT2D eigenvalue weighted by atomic mass is 16.2. The van der Waals surface area contributed by atoms with Gasteiger partial charge in [0.25, 0.3) is 0 Å². The average Bonchev–Trinajstić information content (AvgIpc) is 2.98. The van der Waals surface area contributed by atoms with E-state index in [2.05, 4.69) is 20.5 Å². The maximum absolute atomic E-state index is 11.9. The molecule has 96 valence electrons. The molecule has 3 rings (SSSR count). The largest absolute Gasteiger partial charge is 0.381 e. The van der Waals surface area contributed by atoms with E-state index in [1.165, 1.54) is 11.0 Å². The SMILES string of the molecule is Nc1cnn(CC(=O)Nc2cccc3cc[nH]c23)n1. The molecule has 2 aromatic heterocycles. The first-order valence-electron chi connectivity index (χ1n) is 5.74. The number of nitrogens with two attached hydrogens (primary N) is 1. The Kier molecular flexibility index (Phi) is 2.64. The van der Waals surface area contributed by atoms with Crippen molar-refractivity contribution in [3.63, 3.8) is 0 Å². The minimum atomic E-state index is -0.210. The van der Waals surface area contributed by atoms with E-state index < -0.39 is 0 Å². The number of hydrogen-bond acceptors (Lipinski definition) is 4. The minimum Gasteiger partial charge on any atom is -0.381 e. The summed E-state index contributed by atoms with van der Waals surface area (Å²) in [6, 6.07) is 7.63. The molecule has 0 unspecified atom stereocenters. The van der Waals surface area contributed by atoms with Gasteiger partial charge in [-0.05, 0) is 12.1 Å². The van der Waals surface area contributed by atoms with E-state index in [0.717, 1.165) is 16.6 Å². The number of benzene rings is 1. The summed E-state index contributed by atoms with van der Waals surface area (Å²) in [5, 5.41) is 11.6. The van der Waals surface area contributed by atoms with Gasteiger partial charge in [0.1, 0.15) is 6.54 Å². The molecule has 7 nitrogen and oxygen atoms in total. The zero-order valence-electron chi connectivity index (χ0n) is 10.00. The predicted octanol–water partition coefficient (Wildman–Crippen LogP) is 0.980. The monoisotopic (exact) mass is 256 g/mol. The molecule has 0 fully saturated rings. The van der Waals surface area contributed by atoms with E-state index in [-0.39, 0.29) is 12.5 Å². The number of aromatic nitrogens is 4. The molecule has 2 heterocycles. The summed E-state index contributed by atoms with van der Waals surface area (Å²) >= 11 is 0. The maximum Gasteiger partial charge on any atom is 0.248 e. The summed E-state index contributed by atoms with van der Waals surface area (Å²) < 4.78 is 0. The summed E-state index contributed by atoms with van der Waals surface area (Å²) in [4.78, 5) is 16.2. The number of nitrogens with one attached hydrogen (secondary N) is 2. The van der Waals surface area contributed by atoms with Gasteiger partial charge in [0, 0.05) is 11.6 Å². The molecular weight excluding hydrogens is 244 g/mol. The molecule has 0 bridgehead atoms. The molecule has 0 spiro atoms. The third-order valence-corrected chi connectivity index (χ3v) is 2.70. The van der Waals surface area contributed by atoms with Crippen molar-refractivity contribution in [2.75, 3.05) is 11.1 Å². The van der Waals surface area contributed by atoms with Crippen molar-refractivity contribution < 1.29 is 4.79 Å². The molecule has 3 aromatic rings. The van der Waals surface area contributed by atoms with E-state index in [4.69, 9.17) is 5.73 Å². The molecule has 1 aromatic carbocycles. The Morgan fingerprint density at radius 3 is 3.11 bits per heavy atom. The molecule has 4 N–H and O–H groups in total. The van der Waals surface area contributed by atoms with Crippen LogP contribution in [0.1, 0.15) is 0 Å². The van der Waals surface area contributed by atoms with Gasteiger partial charge in [-0.15, -0.1) is 5.10 Å². The average molecular weight is 256 g/mol. The Hall–Kier alpha value is -2.83. The Morgan fingerprint density at radius 2 is 2.32 bits per heavy atom. The van der Waals surface area contributed by atoms with Crippen LogP contribution < -0.4 is 11.1 Å². The van der Waals surface area contributed by atoms with Gasteiger partial charge in [0.15, 0.2) is 5.82 Å². The lowest BCUT2D eigenvalue weighted by molar-refractivity contribution is -0.117. The number of amides is 1. The normalized spacial score (nSPS) is 10.7. The van der Waals surface area contributed by atoms with Gasteiger partial charge >= 0.3 is 0 Å². The number of nitrogens with zero attached hydrogens (tertiary/aromatic N) is 3. The highest BCUT2D eigenvalue weighted by molar-refractivity contribution is 6.00. The summed E-state index contributed by atoms with van der Waals surface area (Å²) in [5.41, 5.74) is 7.06. The van der Waals surface area contributed by atoms with Crippen molar-refractivity contribution in [3.8, 4) is 0 Å². The second-order valence-corrected chi connectivity index (χ2v) is 4.10. The maximum atomic E-state index is 11.9. The third-order valence-electron chi connectivity index (χ3n) is 2.70. The van der Waals surface area contributed by atoms with Crippen molar-refractivity contribution >= 4 is 28.3 Å². The molecular formula is C12H12N6O. The van der Waals surface area contributed by atoms with E-state index in [1.54, 1.807) is 0 Å². The fourth-order valence-electron chi connectivity index (χ4n) is 1.89. The second-order valence-electron chi connectivity index (χ2n) is 4.10. The lowest BCUT2D eigenvalue weighted by Gasteiger charge is -2.06. The third kappa shape index (κ3) is 2.25. The van der Waals surface area contributed by atoms with Gasteiger partial charge in [0.2, 0.25) is 5.91 Å². The molecule has 0 saturated heterocycles. The Balaban J connectivity index is 1.77. The quantitative estimate of drug-likeness (QED) is 0.650. The molecule has 0 saturated carbocycles. The summed E-state index contributed by atoms with van der Waals surface area (Å²) in [5.74, 6) is 0.0805. The standard InChI is InChI=1S/C12H12N6O/c13-10-6-15-18(17-10)7-11(19)16-9-3-1-2-8-4-5-14-12(8)9/h1-6,14H,7H2,(H2,13,17)(H,16,19). The molecule has 0 aliphatic carbocycles. The Bertz CT molecular complexity index is 728. The number of para-hydroxylation sites is 1. The van der Waals surface area contributed by atoms with Crippen LogP contribution in [0, 0.1) is 0 Å². The first kappa shape index (κ1) is 11.3.